The Morgan fingerprint density at radius 1 is 0.302 bits per heavy atom. The minimum atomic E-state index is -5.07. The number of nitrogens with zero attached hydrogens (tertiary/aromatic N) is 6. The highest BCUT2D eigenvalue weighted by Crippen LogP contribution is 2.27. The van der Waals surface area contributed by atoms with Crippen molar-refractivity contribution in [3.63, 3.8) is 0 Å². The summed E-state index contributed by atoms with van der Waals surface area (Å²) in [5.74, 6) is -5.05. The summed E-state index contributed by atoms with van der Waals surface area (Å²) in [5, 5.41) is 15.4. The van der Waals surface area contributed by atoms with Gasteiger partial charge in [-0.1, -0.05) is 200 Å². The molecule has 0 aliphatic carbocycles. The van der Waals surface area contributed by atoms with Gasteiger partial charge in [-0.15, -0.1) is 0 Å². The van der Waals surface area contributed by atoms with Gasteiger partial charge in [0, 0.05) is 212 Å². The van der Waals surface area contributed by atoms with Crippen LogP contribution in [0.1, 0.15) is 304 Å². The van der Waals surface area contributed by atoms with Crippen molar-refractivity contribution in [2.24, 2.45) is 82.9 Å². The van der Waals surface area contributed by atoms with E-state index in [0.29, 0.717) is 37.9 Å². The second-order valence-corrected chi connectivity index (χ2v) is 42.6. The normalized spacial score (nSPS) is 17.4. The number of halogens is 3. The highest BCUT2D eigenvalue weighted by molar-refractivity contribution is 5.99. The van der Waals surface area contributed by atoms with E-state index < -0.39 is 66.4 Å². The summed E-state index contributed by atoms with van der Waals surface area (Å²) < 4.78 is 41.9. The molecule has 802 valence electrons. The number of ether oxygens (including phenoxy) is 1. The molecule has 0 aromatic rings. The van der Waals surface area contributed by atoms with Gasteiger partial charge in [-0.2, -0.15) is 13.2 Å². The fraction of sp³-hybridized carbons (Fsp3) is 0.829. The molecule has 34 heteroatoms. The Morgan fingerprint density at radius 3 is 0.878 bits per heavy atom. The van der Waals surface area contributed by atoms with E-state index in [0.717, 1.165) is 104 Å². The van der Waals surface area contributed by atoms with Crippen LogP contribution in [-0.4, -0.2) is 314 Å². The van der Waals surface area contributed by atoms with Crippen molar-refractivity contribution in [3.8, 4) is 0 Å². The molecule has 5 rings (SSSR count). The lowest BCUT2D eigenvalue weighted by Crippen LogP contribution is -2.53. The van der Waals surface area contributed by atoms with Crippen molar-refractivity contribution in [2.75, 3.05) is 113 Å². The number of Topliss-reactive ketones (excluding diaryl/α,β-unsaturated/α-hetero) is 14. The third kappa shape index (κ3) is 54.7. The molecule has 0 bridgehead atoms. The molecule has 139 heavy (non-hydrogen) atoms. The van der Waals surface area contributed by atoms with Crippen LogP contribution in [0.4, 0.5) is 18.0 Å². The number of carbonyl (C=O) groups is 18. The molecule has 4 amide bonds. The highest BCUT2D eigenvalue weighted by atomic mass is 19.4. The summed E-state index contributed by atoms with van der Waals surface area (Å²) in [6, 6.07) is -3.16. The van der Waals surface area contributed by atoms with Crippen molar-refractivity contribution in [1.82, 2.24) is 61.3 Å². The zero-order valence-electron chi connectivity index (χ0n) is 91.4. The first kappa shape index (κ1) is 134. The SMILES string of the molecule is CC(=O)NC(CC(=O)C(C)C)C(=O)C(C)C.CC(C)C(=O)CC(C(=O)C(C)C)N1CCC(N2CCCCC2)CC1.CC(C)C(=O)CC(NC(=O)C(F)(F)F)C(=O)C(C)C.CC(C)C(=O)CC(NC(=O)CN1CCC(N2CCN(C)CC2)CC1)C(=O)C(C)C.CC(C)C(=O)CC(NC(=O)OC1CCN(C)CC1)C(=O)C(C)C.CNC(CC(=O)C(C)C)C(=O)C(C)C.CNC(CC(=O)C(C)C)C(=O)C(C)C. The number of hydrogen-bond acceptors (Lipinski definition) is 27. The van der Waals surface area contributed by atoms with Crippen molar-refractivity contribution in [3.05, 3.63) is 0 Å². The van der Waals surface area contributed by atoms with Crippen molar-refractivity contribution >= 4 is 105 Å². The van der Waals surface area contributed by atoms with Crippen LogP contribution in [0.25, 0.3) is 0 Å². The summed E-state index contributed by atoms with van der Waals surface area (Å²) >= 11 is 0. The third-order valence-electron chi connectivity index (χ3n) is 25.7. The molecule has 6 N–H and O–H groups in total. The monoisotopic (exact) mass is 1980 g/mol. The van der Waals surface area contributed by atoms with Gasteiger partial charge < -0.3 is 51.3 Å². The highest BCUT2D eigenvalue weighted by Gasteiger charge is 2.43. The first-order valence-electron chi connectivity index (χ1n) is 51.3. The van der Waals surface area contributed by atoms with Crippen molar-refractivity contribution in [1.29, 1.82) is 0 Å². The van der Waals surface area contributed by atoms with E-state index in [-0.39, 0.29) is 202 Å². The zero-order chi connectivity index (χ0) is 108. The minimum Gasteiger partial charge on any atom is -0.446 e. The molecule has 5 aliphatic rings. The number of alkyl halides is 3. The van der Waals surface area contributed by atoms with Crippen molar-refractivity contribution in [2.45, 2.75) is 370 Å². The molecule has 0 aromatic carbocycles. The molecule has 5 fully saturated rings. The largest absolute Gasteiger partial charge is 0.471 e. The molecule has 0 spiro atoms. The smallest absolute Gasteiger partial charge is 0.446 e. The number of hydrogen-bond donors (Lipinski definition) is 6. The van der Waals surface area contributed by atoms with Gasteiger partial charge in [-0.25, -0.2) is 4.79 Å². The number of piperazine rings is 1. The van der Waals surface area contributed by atoms with Gasteiger partial charge in [0.25, 0.3) is 0 Å². The number of likely N-dealkylation sites (N-methyl/N-ethyl adjacent to an activating group) is 3. The molecular formula is C105H187F3N12O19. The summed E-state index contributed by atoms with van der Waals surface area (Å²) in [4.78, 5) is 227. The summed E-state index contributed by atoms with van der Waals surface area (Å²) in [7, 11) is 7.65. The van der Waals surface area contributed by atoms with Crippen LogP contribution < -0.4 is 31.9 Å². The Labute approximate surface area is 832 Å². The van der Waals surface area contributed by atoms with E-state index >= 15 is 0 Å². The number of rotatable bonds is 47. The number of amides is 4. The maximum atomic E-state index is 12.7. The van der Waals surface area contributed by atoms with Gasteiger partial charge in [0.05, 0.1) is 48.8 Å². The Bertz CT molecular complexity index is 3760. The Kier molecular flexibility index (Phi) is 66.0. The van der Waals surface area contributed by atoms with Gasteiger partial charge in [-0.05, 0) is 92.6 Å². The number of ketones is 14. The van der Waals surface area contributed by atoms with Gasteiger partial charge in [0.15, 0.2) is 40.5 Å². The van der Waals surface area contributed by atoms with Gasteiger partial charge >= 0.3 is 18.2 Å². The van der Waals surface area contributed by atoms with Crippen LogP contribution >= 0.6 is 0 Å². The van der Waals surface area contributed by atoms with Crippen LogP contribution in [-0.2, 0) is 86.2 Å². The second kappa shape index (κ2) is 68.7. The quantitative estimate of drug-likeness (QED) is 0.0329. The van der Waals surface area contributed by atoms with Gasteiger partial charge in [-0.3, -0.25) is 96.2 Å². The molecule has 5 heterocycles. The average molecular weight is 1980 g/mol. The molecule has 5 aliphatic heterocycles. The lowest BCUT2D eigenvalue weighted by Gasteiger charge is -2.42. The molecule has 0 radical (unpaired) electrons. The van der Waals surface area contributed by atoms with Crippen LogP contribution in [0.5, 0.6) is 0 Å². The fourth-order valence-electron chi connectivity index (χ4n) is 15.7. The average Bonchev–Trinajstić information content (AvgIpc) is 0.825. The standard InChI is InChI=1S/C22H40N4O3.C20H36N2O2.C17H30N2O4.C12H18F3NO3.C12H21NO3.2C11H21NO2/c1-16(2)20(27)14-19(22(29)17(3)4)23-21(28)15-25-8-6-18(7-9-25)26-12-10-24(5)11-13-26;1-15(2)19(23)14-18(20(24)16(3)4)22-12-8-17(9-13-22)21-10-6-5-7-11-21;1-11(2)15(20)10-14(16(21)12(3)4)18-17(22)23-13-6-8-19(5)9-7-13;1-6(2)9(17)5-8(10(18)7(3)4)16-11(19)12(13,14)15;1-7(2)11(15)6-10(13-9(5)14)12(16)8(3)4;2*1-7(2)10(13)6-9(12-5)11(14)8(3)4/h16-19H,6-15H2,1-5H3,(H,23,28);15-18H,5-14H2,1-4H3;11-14H,6-10H2,1-5H3,(H,18,22);6-8H,5H2,1-4H3,(H,16,19);7-8,10H,6H2,1-5H3,(H,13,14);2*7-9,12H,6H2,1-5H3. The van der Waals surface area contributed by atoms with E-state index in [1.165, 1.54) is 53.1 Å². The predicted molar refractivity (Wildman–Crippen MR) is 540 cm³/mol. The number of alkyl carbamates (subject to hydrolysis) is 1. The van der Waals surface area contributed by atoms with Crippen LogP contribution in [0, 0.1) is 82.9 Å². The van der Waals surface area contributed by atoms with Crippen LogP contribution in [0.15, 0.2) is 0 Å². The number of piperidine rings is 4. The van der Waals surface area contributed by atoms with E-state index in [2.05, 4.69) is 63.0 Å². The van der Waals surface area contributed by atoms with Gasteiger partial charge in [0.2, 0.25) is 11.8 Å². The zero-order valence-corrected chi connectivity index (χ0v) is 91.4. The second-order valence-electron chi connectivity index (χ2n) is 42.6. The predicted octanol–water partition coefficient (Wildman–Crippen LogP) is 12.2. The lowest BCUT2D eigenvalue weighted by atomic mass is 9.90. The van der Waals surface area contributed by atoms with Crippen LogP contribution in [0.2, 0.25) is 0 Å². The number of nitrogens with one attached hydrogen (secondary N) is 6. The Balaban J connectivity index is 0. The number of carbonyl (C=O) groups excluding carboxylic acids is 18. The molecular weight excluding hydrogens is 1790 g/mol. The molecule has 31 nitrogen and oxygen atoms in total. The molecule has 7 unspecified atom stereocenters. The Morgan fingerprint density at radius 2 is 0.576 bits per heavy atom. The maximum Gasteiger partial charge on any atom is 0.471 e. The summed E-state index contributed by atoms with van der Waals surface area (Å²) in [6.45, 7) is 64.3. The molecule has 0 saturated carbocycles. The van der Waals surface area contributed by atoms with Gasteiger partial charge in [0.1, 0.15) is 46.6 Å². The molecule has 5 saturated heterocycles. The van der Waals surface area contributed by atoms with E-state index in [1.54, 1.807) is 88.6 Å². The van der Waals surface area contributed by atoms with Crippen LogP contribution in [0.3, 0.4) is 0 Å². The van der Waals surface area contributed by atoms with Crippen molar-refractivity contribution < 1.29 is 104 Å². The molecule has 0 aromatic heterocycles. The van der Waals surface area contributed by atoms with E-state index in [4.69, 9.17) is 4.74 Å². The first-order valence-corrected chi connectivity index (χ1v) is 51.3. The molecule has 7 atom stereocenters. The topological polar surface area (TPSA) is 408 Å². The minimum absolute atomic E-state index is 0.00483. The summed E-state index contributed by atoms with van der Waals surface area (Å²) in [6.07, 6.45) is 5.05. The summed E-state index contributed by atoms with van der Waals surface area (Å²) in [5.41, 5.74) is 0. The first-order chi connectivity index (χ1) is 64.3. The Hall–Kier alpha value is -7.47. The third-order valence-corrected chi connectivity index (χ3v) is 25.7. The van der Waals surface area contributed by atoms with E-state index in [9.17, 15) is 99.5 Å². The maximum absolute atomic E-state index is 12.7. The number of likely N-dealkylation sites (tertiary alicyclic amines) is 4. The lowest BCUT2D eigenvalue weighted by molar-refractivity contribution is -0.174. The van der Waals surface area contributed by atoms with E-state index in [1.807, 2.05) is 118 Å². The fourth-order valence-corrected chi connectivity index (χ4v) is 15.7.